The molecule has 78 valence electrons. The van der Waals surface area contributed by atoms with E-state index in [1.807, 2.05) is 26.0 Å². The highest BCUT2D eigenvalue weighted by atomic mass is 16.3. The normalized spacial score (nSPS) is 10.6. The topological polar surface area (TPSA) is 63.8 Å². The molecule has 0 fully saturated rings. The first-order chi connectivity index (χ1) is 7.20. The van der Waals surface area contributed by atoms with E-state index < -0.39 is 0 Å². The summed E-state index contributed by atoms with van der Waals surface area (Å²) in [6.45, 7) is 3.63. The Labute approximate surface area is 87.4 Å². The fourth-order valence-electron chi connectivity index (χ4n) is 1.41. The summed E-state index contributed by atoms with van der Waals surface area (Å²) < 4.78 is 1.66. The van der Waals surface area contributed by atoms with Gasteiger partial charge in [-0.1, -0.05) is 6.07 Å². The zero-order valence-electron chi connectivity index (χ0n) is 8.68. The lowest BCUT2D eigenvalue weighted by Gasteiger charge is -2.02. The van der Waals surface area contributed by atoms with Crippen molar-refractivity contribution in [2.75, 3.05) is 0 Å². The SMILES string of the molecule is Cc1nc(C)n(-c2cccc(CO)n2)n1. The van der Waals surface area contributed by atoms with Crippen molar-refractivity contribution < 1.29 is 5.11 Å². The van der Waals surface area contributed by atoms with Gasteiger partial charge in [0.25, 0.3) is 0 Å². The van der Waals surface area contributed by atoms with Gasteiger partial charge in [-0.3, -0.25) is 0 Å². The zero-order chi connectivity index (χ0) is 10.8. The van der Waals surface area contributed by atoms with Gasteiger partial charge in [-0.25, -0.2) is 9.97 Å². The molecule has 0 aliphatic rings. The molecular formula is C10H12N4O. The molecule has 5 heteroatoms. The Balaban J connectivity index is 2.49. The number of aliphatic hydroxyl groups is 1. The van der Waals surface area contributed by atoms with E-state index in [0.717, 1.165) is 5.82 Å². The summed E-state index contributed by atoms with van der Waals surface area (Å²) >= 11 is 0. The summed E-state index contributed by atoms with van der Waals surface area (Å²) in [5.74, 6) is 2.18. The number of rotatable bonds is 2. The maximum Gasteiger partial charge on any atom is 0.155 e. The van der Waals surface area contributed by atoms with Crippen LogP contribution in [0.2, 0.25) is 0 Å². The van der Waals surface area contributed by atoms with E-state index in [0.29, 0.717) is 17.3 Å². The maximum atomic E-state index is 8.98. The average Bonchev–Trinajstić information content (AvgIpc) is 2.58. The molecule has 0 atom stereocenters. The van der Waals surface area contributed by atoms with Crippen LogP contribution in [-0.4, -0.2) is 24.9 Å². The molecule has 0 aromatic carbocycles. The number of aromatic nitrogens is 4. The number of nitrogens with zero attached hydrogens (tertiary/aromatic N) is 4. The molecule has 0 aliphatic carbocycles. The van der Waals surface area contributed by atoms with Crippen LogP contribution in [0.1, 0.15) is 17.3 Å². The van der Waals surface area contributed by atoms with E-state index in [4.69, 9.17) is 5.11 Å². The Kier molecular flexibility index (Phi) is 2.47. The Morgan fingerprint density at radius 2 is 2.07 bits per heavy atom. The molecular weight excluding hydrogens is 192 g/mol. The summed E-state index contributed by atoms with van der Waals surface area (Å²) in [6, 6.07) is 5.44. The second kappa shape index (κ2) is 3.78. The predicted molar refractivity (Wildman–Crippen MR) is 54.6 cm³/mol. The number of aliphatic hydroxyl groups excluding tert-OH is 1. The van der Waals surface area contributed by atoms with Crippen LogP contribution in [0, 0.1) is 13.8 Å². The van der Waals surface area contributed by atoms with E-state index >= 15 is 0 Å². The van der Waals surface area contributed by atoms with Crippen LogP contribution < -0.4 is 0 Å². The molecule has 0 unspecified atom stereocenters. The summed E-state index contributed by atoms with van der Waals surface area (Å²) in [7, 11) is 0. The highest BCUT2D eigenvalue weighted by Crippen LogP contribution is 2.07. The predicted octanol–water partition coefficient (Wildman–Crippen LogP) is 0.771. The van der Waals surface area contributed by atoms with Gasteiger partial charge in [0.05, 0.1) is 12.3 Å². The minimum absolute atomic E-state index is 0.0689. The van der Waals surface area contributed by atoms with E-state index in [1.165, 1.54) is 0 Å². The second-order valence-corrected chi connectivity index (χ2v) is 3.26. The van der Waals surface area contributed by atoms with Gasteiger partial charge in [-0.05, 0) is 26.0 Å². The molecule has 0 amide bonds. The lowest BCUT2D eigenvalue weighted by molar-refractivity contribution is 0.276. The van der Waals surface area contributed by atoms with Gasteiger partial charge in [0.15, 0.2) is 5.82 Å². The Bertz CT molecular complexity index is 478. The average molecular weight is 204 g/mol. The van der Waals surface area contributed by atoms with Gasteiger partial charge in [0, 0.05) is 0 Å². The minimum Gasteiger partial charge on any atom is -0.390 e. The van der Waals surface area contributed by atoms with E-state index in [9.17, 15) is 0 Å². The lowest BCUT2D eigenvalue weighted by Crippen LogP contribution is -2.03. The minimum atomic E-state index is -0.0689. The van der Waals surface area contributed by atoms with Crippen LogP contribution >= 0.6 is 0 Å². The Hall–Kier alpha value is -1.75. The zero-order valence-corrected chi connectivity index (χ0v) is 8.68. The van der Waals surface area contributed by atoms with Crippen LogP contribution in [0.3, 0.4) is 0 Å². The number of hydrogen-bond acceptors (Lipinski definition) is 4. The lowest BCUT2D eigenvalue weighted by atomic mass is 10.3. The largest absolute Gasteiger partial charge is 0.390 e. The van der Waals surface area contributed by atoms with Crippen molar-refractivity contribution in [3.63, 3.8) is 0 Å². The number of aryl methyl sites for hydroxylation is 2. The third kappa shape index (κ3) is 1.87. The molecule has 2 aromatic heterocycles. The molecule has 0 spiro atoms. The molecule has 0 bridgehead atoms. The number of pyridine rings is 1. The van der Waals surface area contributed by atoms with Crippen molar-refractivity contribution in [2.45, 2.75) is 20.5 Å². The molecule has 2 rings (SSSR count). The molecule has 5 nitrogen and oxygen atoms in total. The van der Waals surface area contributed by atoms with E-state index in [1.54, 1.807) is 10.7 Å². The van der Waals surface area contributed by atoms with Crippen LogP contribution in [-0.2, 0) is 6.61 Å². The molecule has 2 aromatic rings. The fourth-order valence-corrected chi connectivity index (χ4v) is 1.41. The fraction of sp³-hybridized carbons (Fsp3) is 0.300. The summed E-state index contributed by atoms with van der Waals surface area (Å²) in [4.78, 5) is 8.44. The van der Waals surface area contributed by atoms with Crippen molar-refractivity contribution in [1.29, 1.82) is 0 Å². The van der Waals surface area contributed by atoms with Crippen LogP contribution in [0.5, 0.6) is 0 Å². The quantitative estimate of drug-likeness (QED) is 0.784. The smallest absolute Gasteiger partial charge is 0.155 e. The molecule has 0 aliphatic heterocycles. The summed E-state index contributed by atoms with van der Waals surface area (Å²) in [6.07, 6.45) is 0. The van der Waals surface area contributed by atoms with Crippen molar-refractivity contribution in [2.24, 2.45) is 0 Å². The standard InChI is InChI=1S/C10H12N4O/c1-7-11-8(2)14(13-7)10-5-3-4-9(6-15)12-10/h3-5,15H,6H2,1-2H3. The molecule has 0 saturated heterocycles. The molecule has 0 radical (unpaired) electrons. The van der Waals surface area contributed by atoms with E-state index in [-0.39, 0.29) is 6.61 Å². The van der Waals surface area contributed by atoms with Crippen molar-refractivity contribution >= 4 is 0 Å². The maximum absolute atomic E-state index is 8.98. The Morgan fingerprint density at radius 3 is 2.67 bits per heavy atom. The van der Waals surface area contributed by atoms with Gasteiger partial charge >= 0.3 is 0 Å². The summed E-state index contributed by atoms with van der Waals surface area (Å²) in [5.41, 5.74) is 0.625. The van der Waals surface area contributed by atoms with Gasteiger partial charge in [-0.2, -0.15) is 4.68 Å². The highest BCUT2D eigenvalue weighted by Gasteiger charge is 2.06. The molecule has 1 N–H and O–H groups in total. The third-order valence-electron chi connectivity index (χ3n) is 2.05. The van der Waals surface area contributed by atoms with Crippen LogP contribution in [0.4, 0.5) is 0 Å². The van der Waals surface area contributed by atoms with Crippen molar-refractivity contribution in [3.05, 3.63) is 35.5 Å². The summed E-state index contributed by atoms with van der Waals surface area (Å²) in [5, 5.41) is 13.2. The van der Waals surface area contributed by atoms with Crippen molar-refractivity contribution in [1.82, 2.24) is 19.7 Å². The third-order valence-corrected chi connectivity index (χ3v) is 2.05. The van der Waals surface area contributed by atoms with Gasteiger partial charge in [-0.15, -0.1) is 5.10 Å². The molecule has 15 heavy (non-hydrogen) atoms. The van der Waals surface area contributed by atoms with Crippen molar-refractivity contribution in [3.8, 4) is 5.82 Å². The van der Waals surface area contributed by atoms with Crippen LogP contribution in [0.15, 0.2) is 18.2 Å². The monoisotopic (exact) mass is 204 g/mol. The van der Waals surface area contributed by atoms with Gasteiger partial charge in [0.2, 0.25) is 0 Å². The molecule has 0 saturated carbocycles. The first-order valence-electron chi connectivity index (χ1n) is 4.68. The second-order valence-electron chi connectivity index (χ2n) is 3.26. The first-order valence-corrected chi connectivity index (χ1v) is 4.68. The number of hydrogen-bond donors (Lipinski definition) is 1. The highest BCUT2D eigenvalue weighted by molar-refractivity contribution is 5.24. The first kappa shape index (κ1) is 9.79. The molecule has 2 heterocycles. The van der Waals surface area contributed by atoms with E-state index in [2.05, 4.69) is 15.1 Å². The van der Waals surface area contributed by atoms with Gasteiger partial charge in [0.1, 0.15) is 11.6 Å². The van der Waals surface area contributed by atoms with Gasteiger partial charge < -0.3 is 5.11 Å². The van der Waals surface area contributed by atoms with Crippen LogP contribution in [0.25, 0.3) is 5.82 Å². The Morgan fingerprint density at radius 1 is 1.27 bits per heavy atom.